The highest BCUT2D eigenvalue weighted by molar-refractivity contribution is 7.98. The Hall–Kier alpha value is -2.16. The summed E-state index contributed by atoms with van der Waals surface area (Å²) in [6.45, 7) is 5.79. The van der Waals surface area contributed by atoms with Gasteiger partial charge in [0.2, 0.25) is 11.1 Å². The standard InChI is InChI=1S/C22H26ClN5O2S/c1-14-18(15(2)28-20(25-14)26-21(27-28)31-3)12-19(29)24-13-22(8-10-30-11-9-22)16-4-6-17(23)7-5-16/h4-7H,8-13H2,1-3H3,(H,24,29). The Bertz CT molecular complexity index is 1090. The maximum absolute atomic E-state index is 12.9. The minimum atomic E-state index is -0.149. The largest absolute Gasteiger partial charge is 0.381 e. The zero-order valence-electron chi connectivity index (χ0n) is 17.9. The van der Waals surface area contributed by atoms with Crippen LogP contribution in [0.2, 0.25) is 5.02 Å². The molecule has 0 unspecified atom stereocenters. The van der Waals surface area contributed by atoms with Crippen molar-refractivity contribution in [3.63, 3.8) is 0 Å². The fraction of sp³-hybridized carbons (Fsp3) is 0.455. The van der Waals surface area contributed by atoms with Gasteiger partial charge in [-0.05, 0) is 50.6 Å². The summed E-state index contributed by atoms with van der Waals surface area (Å²) in [7, 11) is 0. The molecule has 1 aliphatic rings. The summed E-state index contributed by atoms with van der Waals surface area (Å²) >= 11 is 7.55. The lowest BCUT2D eigenvalue weighted by atomic mass is 9.74. The van der Waals surface area contributed by atoms with Crippen LogP contribution in [0.15, 0.2) is 29.4 Å². The van der Waals surface area contributed by atoms with Crippen LogP contribution in [0.25, 0.3) is 5.78 Å². The lowest BCUT2D eigenvalue weighted by Gasteiger charge is -2.38. The fourth-order valence-electron chi connectivity index (χ4n) is 4.16. The minimum absolute atomic E-state index is 0.0302. The number of hydrogen-bond donors (Lipinski definition) is 1. The van der Waals surface area contributed by atoms with E-state index in [1.165, 1.54) is 17.3 Å². The second kappa shape index (κ2) is 9.14. The summed E-state index contributed by atoms with van der Waals surface area (Å²) in [5.74, 6) is 0.532. The van der Waals surface area contributed by atoms with Gasteiger partial charge < -0.3 is 10.1 Å². The normalized spacial score (nSPS) is 15.9. The molecule has 0 aliphatic carbocycles. The van der Waals surface area contributed by atoms with Crippen molar-refractivity contribution in [2.75, 3.05) is 26.0 Å². The molecule has 164 valence electrons. The Morgan fingerprint density at radius 3 is 2.61 bits per heavy atom. The summed E-state index contributed by atoms with van der Waals surface area (Å²) in [6, 6.07) is 7.93. The number of amides is 1. The molecule has 0 spiro atoms. The maximum atomic E-state index is 12.9. The van der Waals surface area contributed by atoms with E-state index in [-0.39, 0.29) is 17.7 Å². The number of halogens is 1. The van der Waals surface area contributed by atoms with Crippen molar-refractivity contribution in [1.82, 2.24) is 24.9 Å². The highest BCUT2D eigenvalue weighted by Crippen LogP contribution is 2.35. The third-order valence-electron chi connectivity index (χ3n) is 6.08. The third-order valence-corrected chi connectivity index (χ3v) is 6.87. The summed E-state index contributed by atoms with van der Waals surface area (Å²) in [5, 5.41) is 9.01. The van der Waals surface area contributed by atoms with Gasteiger partial charge in [-0.15, -0.1) is 5.10 Å². The van der Waals surface area contributed by atoms with Crippen molar-refractivity contribution in [2.45, 2.75) is 43.7 Å². The zero-order valence-corrected chi connectivity index (χ0v) is 19.5. The Labute approximate surface area is 190 Å². The highest BCUT2D eigenvalue weighted by Gasteiger charge is 2.35. The van der Waals surface area contributed by atoms with Gasteiger partial charge in [-0.2, -0.15) is 4.98 Å². The van der Waals surface area contributed by atoms with Crippen LogP contribution in [0.3, 0.4) is 0 Å². The summed E-state index contributed by atoms with van der Waals surface area (Å²) in [4.78, 5) is 21.9. The molecular weight excluding hydrogens is 434 g/mol. The van der Waals surface area contributed by atoms with E-state index >= 15 is 0 Å². The van der Waals surface area contributed by atoms with E-state index in [0.29, 0.717) is 35.7 Å². The number of carbonyl (C=O) groups is 1. The van der Waals surface area contributed by atoms with Gasteiger partial charge in [0.05, 0.1) is 6.42 Å². The van der Waals surface area contributed by atoms with Crippen LogP contribution in [0.1, 0.15) is 35.4 Å². The number of thioether (sulfide) groups is 1. The molecule has 0 radical (unpaired) electrons. The molecular formula is C22H26ClN5O2S. The van der Waals surface area contributed by atoms with E-state index in [1.807, 2.05) is 32.2 Å². The van der Waals surface area contributed by atoms with Gasteiger partial charge in [-0.3, -0.25) is 4.79 Å². The first kappa shape index (κ1) is 22.0. The molecule has 1 aromatic carbocycles. The number of carbonyl (C=O) groups excluding carboxylic acids is 1. The molecule has 7 nitrogen and oxygen atoms in total. The number of aromatic nitrogens is 4. The Kier molecular flexibility index (Phi) is 6.50. The average Bonchev–Trinajstić information content (AvgIpc) is 3.19. The summed E-state index contributed by atoms with van der Waals surface area (Å²) < 4.78 is 7.31. The van der Waals surface area contributed by atoms with Gasteiger partial charge in [0.25, 0.3) is 5.78 Å². The molecule has 2 aromatic heterocycles. The molecule has 3 aromatic rings. The molecule has 31 heavy (non-hydrogen) atoms. The molecule has 4 rings (SSSR count). The van der Waals surface area contributed by atoms with Crippen LogP contribution in [0.4, 0.5) is 0 Å². The number of ether oxygens (including phenoxy) is 1. The van der Waals surface area contributed by atoms with Crippen LogP contribution in [-0.4, -0.2) is 51.5 Å². The fourth-order valence-corrected chi connectivity index (χ4v) is 4.62. The smallest absolute Gasteiger partial charge is 0.253 e. The molecule has 0 saturated carbocycles. The molecule has 1 fully saturated rings. The van der Waals surface area contributed by atoms with E-state index in [1.54, 1.807) is 4.52 Å². The quantitative estimate of drug-likeness (QED) is 0.568. The van der Waals surface area contributed by atoms with Crippen molar-refractivity contribution in [1.29, 1.82) is 0 Å². The first-order chi connectivity index (χ1) is 14.9. The van der Waals surface area contributed by atoms with Gasteiger partial charge >= 0.3 is 0 Å². The number of fused-ring (bicyclic) bond motifs is 1. The summed E-state index contributed by atoms with van der Waals surface area (Å²) in [6.07, 6.45) is 3.90. The monoisotopic (exact) mass is 459 g/mol. The predicted molar refractivity (Wildman–Crippen MR) is 122 cm³/mol. The van der Waals surface area contributed by atoms with Crippen LogP contribution >= 0.6 is 23.4 Å². The first-order valence-corrected chi connectivity index (χ1v) is 11.9. The molecule has 0 atom stereocenters. The Morgan fingerprint density at radius 2 is 1.94 bits per heavy atom. The summed E-state index contributed by atoms with van der Waals surface area (Å²) in [5.41, 5.74) is 3.62. The first-order valence-electron chi connectivity index (χ1n) is 10.3. The number of aryl methyl sites for hydroxylation is 2. The van der Waals surface area contributed by atoms with E-state index in [9.17, 15) is 4.79 Å². The van der Waals surface area contributed by atoms with Crippen molar-refractivity contribution in [3.8, 4) is 0 Å². The topological polar surface area (TPSA) is 81.4 Å². The van der Waals surface area contributed by atoms with E-state index in [2.05, 4.69) is 32.5 Å². The van der Waals surface area contributed by atoms with Gasteiger partial charge in [-0.1, -0.05) is 35.5 Å². The molecule has 1 saturated heterocycles. The van der Waals surface area contributed by atoms with Crippen LogP contribution in [0.5, 0.6) is 0 Å². The molecule has 9 heteroatoms. The van der Waals surface area contributed by atoms with Crippen molar-refractivity contribution in [3.05, 3.63) is 51.8 Å². The number of benzene rings is 1. The number of nitrogens with one attached hydrogen (secondary N) is 1. The molecule has 0 bridgehead atoms. The second-order valence-corrected chi connectivity index (χ2v) is 9.13. The maximum Gasteiger partial charge on any atom is 0.253 e. The van der Waals surface area contributed by atoms with Crippen LogP contribution in [-0.2, 0) is 21.4 Å². The second-order valence-electron chi connectivity index (χ2n) is 7.92. The minimum Gasteiger partial charge on any atom is -0.381 e. The van der Waals surface area contributed by atoms with Crippen molar-refractivity contribution in [2.24, 2.45) is 0 Å². The highest BCUT2D eigenvalue weighted by atomic mass is 35.5. The zero-order chi connectivity index (χ0) is 22.0. The SMILES string of the molecule is CSc1nc2nc(C)c(CC(=O)NCC3(c4ccc(Cl)cc4)CCOCC3)c(C)n2n1. The molecule has 3 heterocycles. The van der Waals surface area contributed by atoms with Crippen molar-refractivity contribution >= 4 is 35.0 Å². The third kappa shape index (κ3) is 4.56. The van der Waals surface area contributed by atoms with E-state index in [4.69, 9.17) is 16.3 Å². The van der Waals surface area contributed by atoms with Crippen LogP contribution < -0.4 is 5.32 Å². The molecule has 1 amide bonds. The number of rotatable bonds is 6. The lowest BCUT2D eigenvalue weighted by molar-refractivity contribution is -0.121. The van der Waals surface area contributed by atoms with Gasteiger partial charge in [0.15, 0.2) is 0 Å². The van der Waals surface area contributed by atoms with Gasteiger partial charge in [-0.25, -0.2) is 9.50 Å². The Morgan fingerprint density at radius 1 is 1.23 bits per heavy atom. The Balaban J connectivity index is 1.52. The van der Waals surface area contributed by atoms with E-state index < -0.39 is 0 Å². The number of hydrogen-bond acceptors (Lipinski definition) is 6. The molecule has 1 aliphatic heterocycles. The van der Waals surface area contributed by atoms with Crippen LogP contribution in [0, 0.1) is 13.8 Å². The van der Waals surface area contributed by atoms with Crippen molar-refractivity contribution < 1.29 is 9.53 Å². The average molecular weight is 460 g/mol. The van der Waals surface area contributed by atoms with E-state index in [0.717, 1.165) is 29.8 Å². The van der Waals surface area contributed by atoms with Gasteiger partial charge in [0.1, 0.15) is 0 Å². The number of nitrogens with zero attached hydrogens (tertiary/aromatic N) is 4. The lowest BCUT2D eigenvalue weighted by Crippen LogP contribution is -2.45. The van der Waals surface area contributed by atoms with Gasteiger partial charge in [0, 0.05) is 47.1 Å². The predicted octanol–water partition coefficient (Wildman–Crippen LogP) is 3.52. The molecule has 1 N–H and O–H groups in total.